The molecule has 0 aliphatic carbocycles. The first-order valence-corrected chi connectivity index (χ1v) is 8.15. The summed E-state index contributed by atoms with van der Waals surface area (Å²) in [7, 11) is 0. The minimum absolute atomic E-state index is 0.0247. The van der Waals surface area contributed by atoms with Gasteiger partial charge in [-0.1, -0.05) is 0 Å². The van der Waals surface area contributed by atoms with E-state index in [1.807, 2.05) is 0 Å². The number of benzene rings is 1. The number of hydrogen-bond donors (Lipinski definition) is 5. The predicted molar refractivity (Wildman–Crippen MR) is 92.3 cm³/mol. The molecule has 1 fully saturated rings. The fourth-order valence-corrected chi connectivity index (χ4v) is 2.09. The summed E-state index contributed by atoms with van der Waals surface area (Å²) in [6, 6.07) is 6.88. The van der Waals surface area contributed by atoms with Gasteiger partial charge in [-0.2, -0.15) is 6.61 Å². The van der Waals surface area contributed by atoms with E-state index in [0.717, 1.165) is 12.2 Å². The average molecular weight is 406 g/mol. The summed E-state index contributed by atoms with van der Waals surface area (Å²) in [4.78, 5) is 13.0. The molecule has 26 heavy (non-hydrogen) atoms. The van der Waals surface area contributed by atoms with Gasteiger partial charge in [-0.15, -0.1) is 0 Å². The van der Waals surface area contributed by atoms with E-state index in [-0.39, 0.29) is 19.1 Å². The van der Waals surface area contributed by atoms with Crippen molar-refractivity contribution in [1.82, 2.24) is 0 Å². The fraction of sp³-hybridized carbons (Fsp3) is 0.278. The van der Waals surface area contributed by atoms with E-state index in [9.17, 15) is 4.79 Å². The number of carbonyl (C=O) groups excluding carboxylic acids is 1. The second-order valence-electron chi connectivity index (χ2n) is 5.19. The van der Waals surface area contributed by atoms with Gasteiger partial charge in [-0.05, 0) is 6.10 Å². The van der Waals surface area contributed by atoms with Crippen LogP contribution in [0.1, 0.15) is 5.56 Å². The first kappa shape index (κ1) is 22.4. The number of hydrogen-bond acceptors (Lipinski definition) is 6. The summed E-state index contributed by atoms with van der Waals surface area (Å²) in [5.74, 6) is -0.310. The van der Waals surface area contributed by atoms with Crippen LogP contribution in [-0.4, -0.2) is 56.2 Å². The SMILES string of the molecule is OC[C@H]1O[CH-][C@H](O)[C@@H]1O.[CH-]=C/C=C(\[CH]=[Ni])C(=O)Nc1ccc(CO)cc1. The van der Waals surface area contributed by atoms with Gasteiger partial charge >= 0.3 is 108 Å². The summed E-state index contributed by atoms with van der Waals surface area (Å²) in [6.07, 6.45) is 0.123. The Morgan fingerprint density at radius 1 is 1.31 bits per heavy atom. The maximum atomic E-state index is 11.7. The van der Waals surface area contributed by atoms with Crippen molar-refractivity contribution in [3.63, 3.8) is 0 Å². The molecule has 7 nitrogen and oxygen atoms in total. The van der Waals surface area contributed by atoms with Crippen LogP contribution in [0.3, 0.4) is 0 Å². The normalized spacial score (nSPS) is 22.2. The van der Waals surface area contributed by atoms with Crippen LogP contribution >= 0.6 is 0 Å². The van der Waals surface area contributed by atoms with Crippen LogP contribution in [0, 0.1) is 13.2 Å². The first-order chi connectivity index (χ1) is 12.5. The number of amides is 1. The Balaban J connectivity index is 0.000000314. The molecule has 1 aliphatic heterocycles. The third-order valence-corrected chi connectivity index (χ3v) is 3.64. The Morgan fingerprint density at radius 3 is 2.35 bits per heavy atom. The number of nitrogens with one attached hydrogen (secondary N) is 1. The number of allylic oxidation sites excluding steroid dienone is 2. The van der Waals surface area contributed by atoms with Gasteiger partial charge in [0.05, 0.1) is 18.8 Å². The summed E-state index contributed by atoms with van der Waals surface area (Å²) in [5.41, 5.74) is 1.75. The van der Waals surface area contributed by atoms with Gasteiger partial charge in [0.1, 0.15) is 0 Å². The van der Waals surface area contributed by atoms with E-state index in [0.29, 0.717) is 11.3 Å². The Labute approximate surface area is 159 Å². The van der Waals surface area contributed by atoms with Gasteiger partial charge < -0.3 is 20.1 Å². The number of rotatable bonds is 6. The molecular weight excluding hydrogens is 385 g/mol. The molecule has 1 aliphatic rings. The average Bonchev–Trinajstić information content (AvgIpc) is 2.99. The molecule has 146 valence electrons. The number of anilines is 1. The summed E-state index contributed by atoms with van der Waals surface area (Å²) in [6.45, 7) is 6.03. The third kappa shape index (κ3) is 6.92. The van der Waals surface area contributed by atoms with Crippen molar-refractivity contribution in [3.8, 4) is 0 Å². The molecule has 1 aromatic rings. The number of aliphatic hydroxyl groups excluding tert-OH is 4. The monoisotopic (exact) mass is 405 g/mol. The van der Waals surface area contributed by atoms with Crippen molar-refractivity contribution in [1.29, 1.82) is 0 Å². The van der Waals surface area contributed by atoms with Crippen molar-refractivity contribution >= 4 is 16.6 Å². The van der Waals surface area contributed by atoms with Crippen LogP contribution in [-0.2, 0) is 31.2 Å². The van der Waals surface area contributed by atoms with Crippen LogP contribution in [0.4, 0.5) is 5.69 Å². The Hall–Kier alpha value is -1.67. The molecule has 0 bridgehead atoms. The van der Waals surface area contributed by atoms with Gasteiger partial charge in [0.2, 0.25) is 0 Å². The summed E-state index contributed by atoms with van der Waals surface area (Å²) in [5, 5.41) is 37.6. The number of ether oxygens (including phenoxy) is 1. The molecule has 1 amide bonds. The van der Waals surface area contributed by atoms with Crippen molar-refractivity contribution in [2.75, 3.05) is 11.9 Å². The second kappa shape index (κ2) is 11.9. The van der Waals surface area contributed by atoms with E-state index in [1.54, 1.807) is 24.3 Å². The van der Waals surface area contributed by atoms with Crippen LogP contribution in [0.2, 0.25) is 0 Å². The van der Waals surface area contributed by atoms with Gasteiger partial charge in [-0.25, -0.2) is 0 Å². The second-order valence-corrected chi connectivity index (χ2v) is 5.47. The predicted octanol–water partition coefficient (Wildman–Crippen LogP) is -0.357. The summed E-state index contributed by atoms with van der Waals surface area (Å²) >= 11 is 4.41. The fourth-order valence-electron chi connectivity index (χ4n) is 1.86. The van der Waals surface area contributed by atoms with E-state index >= 15 is 0 Å². The third-order valence-electron chi connectivity index (χ3n) is 3.33. The number of aliphatic hydroxyl groups is 4. The molecule has 3 atom stereocenters. The quantitative estimate of drug-likeness (QED) is 0.191. The van der Waals surface area contributed by atoms with E-state index in [4.69, 9.17) is 27.0 Å². The molecule has 1 saturated heterocycles. The topological polar surface area (TPSA) is 119 Å². The van der Waals surface area contributed by atoms with Crippen LogP contribution < -0.4 is 5.32 Å². The van der Waals surface area contributed by atoms with E-state index < -0.39 is 18.3 Å². The zero-order valence-corrected chi connectivity index (χ0v) is 14.8. The molecular formula is C18H21NNiO6-2. The Kier molecular flexibility index (Phi) is 10.2. The van der Waals surface area contributed by atoms with Crippen molar-refractivity contribution in [3.05, 3.63) is 60.7 Å². The standard InChI is InChI=1S/C13H12NO2.C5H9O4.Ni/c1-3-4-10(2)13(16)14-12-7-5-11(9-15)6-8-12;6-1-4-5(8)3(7)2-9-4;/h1-8,15H,9H2,(H,14,16);2-8H,1H2;/q2*-1;/b10-4+;;/t;3-,4+,5-;/m.0./s1. The first-order valence-electron chi connectivity index (χ1n) is 7.58. The maximum absolute atomic E-state index is 11.7. The zero-order chi connectivity index (χ0) is 19.5. The van der Waals surface area contributed by atoms with Crippen molar-refractivity contribution in [2.24, 2.45) is 0 Å². The van der Waals surface area contributed by atoms with Crippen LogP contribution in [0.25, 0.3) is 0 Å². The molecule has 0 radical (unpaired) electrons. The molecule has 2 rings (SSSR count). The Morgan fingerprint density at radius 2 is 1.96 bits per heavy atom. The number of carbonyl (C=O) groups is 1. The molecule has 0 spiro atoms. The van der Waals surface area contributed by atoms with Crippen molar-refractivity contribution in [2.45, 2.75) is 24.9 Å². The zero-order valence-electron chi connectivity index (χ0n) is 13.8. The van der Waals surface area contributed by atoms with Gasteiger partial charge in [-0.3, -0.25) is 0 Å². The molecule has 5 N–H and O–H groups in total. The van der Waals surface area contributed by atoms with Gasteiger partial charge in [0, 0.05) is 0 Å². The molecule has 8 heteroatoms. The van der Waals surface area contributed by atoms with E-state index in [2.05, 4.69) is 25.1 Å². The summed E-state index contributed by atoms with van der Waals surface area (Å²) < 4.78 is 4.65. The van der Waals surface area contributed by atoms with Crippen molar-refractivity contribution < 1.29 is 45.0 Å². The molecule has 1 aromatic carbocycles. The van der Waals surface area contributed by atoms with Gasteiger partial charge in [0.25, 0.3) is 0 Å². The molecule has 1 heterocycles. The molecule has 0 aromatic heterocycles. The van der Waals surface area contributed by atoms with Crippen LogP contribution in [0.5, 0.6) is 0 Å². The van der Waals surface area contributed by atoms with Crippen LogP contribution in [0.15, 0.2) is 42.0 Å². The molecule has 0 unspecified atom stereocenters. The van der Waals surface area contributed by atoms with Gasteiger partial charge in [0.15, 0.2) is 0 Å². The van der Waals surface area contributed by atoms with E-state index in [1.165, 1.54) is 17.1 Å². The molecule has 0 saturated carbocycles. The Bertz CT molecular complexity index is 631. The minimum atomic E-state index is -0.977.